The van der Waals surface area contributed by atoms with E-state index < -0.39 is 0 Å². The van der Waals surface area contributed by atoms with E-state index in [9.17, 15) is 0 Å². The average molecular weight is 194 g/mol. The lowest BCUT2D eigenvalue weighted by Crippen LogP contribution is -2.16. The largest absolute Gasteiger partial charge is 0.310 e. The summed E-state index contributed by atoms with van der Waals surface area (Å²) < 4.78 is 0. The Kier molecular flexibility index (Phi) is 3.14. The average Bonchev–Trinajstić information content (AvgIpc) is 2.88. The number of aromatic nitrogens is 3. The Morgan fingerprint density at radius 1 is 1.50 bits per heavy atom. The van der Waals surface area contributed by atoms with Gasteiger partial charge in [-0.1, -0.05) is 6.92 Å². The molecule has 0 unspecified atom stereocenters. The number of rotatable bonds is 6. The summed E-state index contributed by atoms with van der Waals surface area (Å²) in [5.74, 6) is 2.83. The summed E-state index contributed by atoms with van der Waals surface area (Å²) in [5.41, 5.74) is 0. The maximum absolute atomic E-state index is 4.39. The molecule has 4 heteroatoms. The van der Waals surface area contributed by atoms with Crippen molar-refractivity contribution in [1.29, 1.82) is 0 Å². The Morgan fingerprint density at radius 2 is 2.36 bits per heavy atom. The van der Waals surface area contributed by atoms with E-state index in [1.54, 1.807) is 0 Å². The molecule has 0 saturated heterocycles. The number of aromatic amines is 1. The first-order chi connectivity index (χ1) is 6.88. The van der Waals surface area contributed by atoms with E-state index in [4.69, 9.17) is 0 Å². The number of H-pyrrole nitrogens is 1. The van der Waals surface area contributed by atoms with Gasteiger partial charge in [0.25, 0.3) is 0 Å². The van der Waals surface area contributed by atoms with Crippen molar-refractivity contribution in [2.75, 3.05) is 6.54 Å². The van der Waals surface area contributed by atoms with Gasteiger partial charge in [0.2, 0.25) is 0 Å². The van der Waals surface area contributed by atoms with Gasteiger partial charge in [0.15, 0.2) is 5.82 Å². The van der Waals surface area contributed by atoms with Crippen molar-refractivity contribution < 1.29 is 0 Å². The van der Waals surface area contributed by atoms with Gasteiger partial charge in [-0.15, -0.1) is 0 Å². The first-order valence-electron chi connectivity index (χ1n) is 5.49. The first-order valence-corrected chi connectivity index (χ1v) is 5.49. The van der Waals surface area contributed by atoms with Crippen LogP contribution in [0.2, 0.25) is 0 Å². The molecule has 1 fully saturated rings. The van der Waals surface area contributed by atoms with E-state index in [1.165, 1.54) is 12.8 Å². The van der Waals surface area contributed by atoms with Crippen LogP contribution in [0, 0.1) is 5.92 Å². The molecule has 1 heterocycles. The second kappa shape index (κ2) is 4.55. The Balaban J connectivity index is 1.71. The zero-order valence-electron chi connectivity index (χ0n) is 8.71. The van der Waals surface area contributed by atoms with Crippen molar-refractivity contribution in [3.8, 4) is 0 Å². The number of nitrogens with zero attached hydrogens (tertiary/aromatic N) is 2. The van der Waals surface area contributed by atoms with Crippen LogP contribution in [0.4, 0.5) is 0 Å². The van der Waals surface area contributed by atoms with Crippen LogP contribution in [-0.4, -0.2) is 21.7 Å². The van der Waals surface area contributed by atoms with Gasteiger partial charge in [-0.25, -0.2) is 4.98 Å². The van der Waals surface area contributed by atoms with Crippen LogP contribution in [0.3, 0.4) is 0 Å². The van der Waals surface area contributed by atoms with Gasteiger partial charge in [-0.2, -0.15) is 5.10 Å². The molecule has 0 spiro atoms. The van der Waals surface area contributed by atoms with E-state index in [2.05, 4.69) is 27.4 Å². The van der Waals surface area contributed by atoms with Crippen molar-refractivity contribution in [1.82, 2.24) is 20.5 Å². The van der Waals surface area contributed by atoms with Crippen molar-refractivity contribution in [3.05, 3.63) is 11.6 Å². The maximum Gasteiger partial charge on any atom is 0.150 e. The summed E-state index contributed by atoms with van der Waals surface area (Å²) in [5, 5.41) is 10.5. The summed E-state index contributed by atoms with van der Waals surface area (Å²) >= 11 is 0. The van der Waals surface area contributed by atoms with E-state index >= 15 is 0 Å². The molecule has 1 aromatic rings. The normalized spacial score (nSPS) is 16.1. The Bertz CT molecular complexity index is 277. The van der Waals surface area contributed by atoms with Gasteiger partial charge in [0, 0.05) is 6.42 Å². The van der Waals surface area contributed by atoms with E-state index in [0.717, 1.165) is 43.5 Å². The van der Waals surface area contributed by atoms with Gasteiger partial charge >= 0.3 is 0 Å². The predicted octanol–water partition coefficient (Wildman–Crippen LogP) is 1.26. The summed E-state index contributed by atoms with van der Waals surface area (Å²) in [6.07, 6.45) is 4.86. The highest BCUT2D eigenvalue weighted by Gasteiger charge is 2.20. The molecule has 4 nitrogen and oxygen atoms in total. The molecule has 0 aliphatic heterocycles. The van der Waals surface area contributed by atoms with Gasteiger partial charge < -0.3 is 5.32 Å². The SMILES string of the molecule is CCCc1n[nH]c(CNCC2CC2)n1. The molecule has 1 aliphatic rings. The maximum atomic E-state index is 4.39. The Hall–Kier alpha value is -0.900. The number of hydrogen-bond acceptors (Lipinski definition) is 3. The number of hydrogen-bond donors (Lipinski definition) is 2. The molecule has 1 aliphatic carbocycles. The molecule has 78 valence electrons. The highest BCUT2D eigenvalue weighted by atomic mass is 15.2. The second-order valence-corrected chi connectivity index (χ2v) is 4.02. The summed E-state index contributed by atoms with van der Waals surface area (Å²) in [6, 6.07) is 0. The standard InChI is InChI=1S/C10H18N4/c1-2-3-9-12-10(14-13-9)7-11-6-8-4-5-8/h8,11H,2-7H2,1H3,(H,12,13,14). The molecule has 0 aromatic carbocycles. The predicted molar refractivity (Wildman–Crippen MR) is 54.8 cm³/mol. The zero-order chi connectivity index (χ0) is 9.80. The molecule has 1 aromatic heterocycles. The van der Waals surface area contributed by atoms with Crippen LogP contribution in [-0.2, 0) is 13.0 Å². The smallest absolute Gasteiger partial charge is 0.150 e. The van der Waals surface area contributed by atoms with E-state index in [0.29, 0.717) is 0 Å². The zero-order valence-corrected chi connectivity index (χ0v) is 8.71. The number of aryl methyl sites for hydroxylation is 1. The van der Waals surface area contributed by atoms with Crippen LogP contribution < -0.4 is 5.32 Å². The molecule has 2 N–H and O–H groups in total. The lowest BCUT2D eigenvalue weighted by Gasteiger charge is -1.98. The topological polar surface area (TPSA) is 53.6 Å². The van der Waals surface area contributed by atoms with Crippen molar-refractivity contribution >= 4 is 0 Å². The highest BCUT2D eigenvalue weighted by Crippen LogP contribution is 2.27. The molecule has 1 saturated carbocycles. The first kappa shape index (κ1) is 9.65. The molecule has 0 atom stereocenters. The fourth-order valence-electron chi connectivity index (χ4n) is 1.47. The van der Waals surface area contributed by atoms with Gasteiger partial charge in [-0.05, 0) is 31.7 Å². The lowest BCUT2D eigenvalue weighted by atomic mass is 10.3. The molecule has 0 bridgehead atoms. The third kappa shape index (κ3) is 2.80. The van der Waals surface area contributed by atoms with Crippen LogP contribution in [0.15, 0.2) is 0 Å². The molecular formula is C10H18N4. The van der Waals surface area contributed by atoms with Crippen LogP contribution in [0.1, 0.15) is 37.8 Å². The van der Waals surface area contributed by atoms with Gasteiger partial charge in [0.05, 0.1) is 6.54 Å². The van der Waals surface area contributed by atoms with Crippen LogP contribution in [0.5, 0.6) is 0 Å². The van der Waals surface area contributed by atoms with Crippen molar-refractivity contribution in [3.63, 3.8) is 0 Å². The highest BCUT2D eigenvalue weighted by molar-refractivity contribution is 4.90. The molecule has 14 heavy (non-hydrogen) atoms. The summed E-state index contributed by atoms with van der Waals surface area (Å²) in [6.45, 7) is 4.10. The molecular weight excluding hydrogens is 176 g/mol. The molecule has 0 amide bonds. The van der Waals surface area contributed by atoms with Crippen LogP contribution in [0.25, 0.3) is 0 Å². The van der Waals surface area contributed by atoms with Crippen LogP contribution >= 0.6 is 0 Å². The summed E-state index contributed by atoms with van der Waals surface area (Å²) in [4.78, 5) is 4.39. The third-order valence-electron chi connectivity index (χ3n) is 2.47. The Morgan fingerprint density at radius 3 is 3.07 bits per heavy atom. The quantitative estimate of drug-likeness (QED) is 0.716. The van der Waals surface area contributed by atoms with Crippen molar-refractivity contribution in [2.45, 2.75) is 39.2 Å². The fraction of sp³-hybridized carbons (Fsp3) is 0.800. The number of nitrogens with one attached hydrogen (secondary N) is 2. The lowest BCUT2D eigenvalue weighted by molar-refractivity contribution is 0.620. The van der Waals surface area contributed by atoms with E-state index in [1.807, 2.05) is 0 Å². The monoisotopic (exact) mass is 194 g/mol. The minimum atomic E-state index is 0.827. The molecule has 2 rings (SSSR count). The Labute approximate surface area is 84.5 Å². The fourth-order valence-corrected chi connectivity index (χ4v) is 1.47. The minimum Gasteiger partial charge on any atom is -0.310 e. The summed E-state index contributed by atoms with van der Waals surface area (Å²) in [7, 11) is 0. The minimum absolute atomic E-state index is 0.827. The van der Waals surface area contributed by atoms with E-state index in [-0.39, 0.29) is 0 Å². The third-order valence-corrected chi connectivity index (χ3v) is 2.47. The second-order valence-electron chi connectivity index (χ2n) is 4.02. The molecule has 0 radical (unpaired) electrons. The van der Waals surface area contributed by atoms with Crippen molar-refractivity contribution in [2.24, 2.45) is 5.92 Å². The van der Waals surface area contributed by atoms with Gasteiger partial charge in [0.1, 0.15) is 5.82 Å². The van der Waals surface area contributed by atoms with Gasteiger partial charge in [-0.3, -0.25) is 5.10 Å².